The van der Waals surface area contributed by atoms with Crippen molar-refractivity contribution in [3.05, 3.63) is 102 Å². The highest BCUT2D eigenvalue weighted by atomic mass is 127. The van der Waals surface area contributed by atoms with E-state index in [1.807, 2.05) is 31.2 Å². The summed E-state index contributed by atoms with van der Waals surface area (Å²) < 4.78 is 13.3. The van der Waals surface area contributed by atoms with E-state index in [0.29, 0.717) is 24.7 Å². The molecule has 4 aromatic carbocycles. The molecular weight excluding hydrogens is 766 g/mol. The van der Waals surface area contributed by atoms with Crippen molar-refractivity contribution >= 4 is 96.5 Å². The molecule has 0 spiro atoms. The van der Waals surface area contributed by atoms with Gasteiger partial charge in [0.15, 0.2) is 0 Å². The standard InChI is InChI=1S/C31H24I2N2O5S/c1-2-39-24-11-9-23(10-12-24)34-28(36)17-35-30(37)27(41-31(35)38)16-20-14-25(32)29(26(33)15-20)40-18-19-7-8-21-5-3-4-6-22(21)13-19/h3-16H,2,17-18H2,1H3,(H,34,36)/b27-16+. The highest BCUT2D eigenvalue weighted by Gasteiger charge is 2.36. The Morgan fingerprint density at radius 2 is 1.63 bits per heavy atom. The molecule has 1 saturated heterocycles. The number of carbonyl (C=O) groups is 3. The second-order valence-corrected chi connectivity index (χ2v) is 12.4. The maximum Gasteiger partial charge on any atom is 0.294 e. The lowest BCUT2D eigenvalue weighted by Gasteiger charge is -2.13. The third kappa shape index (κ3) is 7.22. The van der Waals surface area contributed by atoms with Crippen LogP contribution in [0.5, 0.6) is 11.5 Å². The first-order valence-corrected chi connectivity index (χ1v) is 15.7. The number of ether oxygens (including phenoxy) is 2. The molecule has 208 valence electrons. The van der Waals surface area contributed by atoms with E-state index in [0.717, 1.165) is 46.1 Å². The lowest BCUT2D eigenvalue weighted by Crippen LogP contribution is -2.36. The minimum Gasteiger partial charge on any atom is -0.494 e. The summed E-state index contributed by atoms with van der Waals surface area (Å²) in [6.07, 6.45) is 1.67. The first-order chi connectivity index (χ1) is 19.8. The molecule has 0 radical (unpaired) electrons. The summed E-state index contributed by atoms with van der Waals surface area (Å²) in [6.45, 7) is 2.49. The summed E-state index contributed by atoms with van der Waals surface area (Å²) in [5.41, 5.74) is 2.38. The number of nitrogens with zero attached hydrogens (tertiary/aromatic N) is 1. The number of amides is 3. The molecule has 0 aliphatic carbocycles. The molecule has 1 aliphatic heterocycles. The van der Waals surface area contributed by atoms with Crippen LogP contribution >= 0.6 is 56.9 Å². The Hall–Kier alpha value is -3.10. The summed E-state index contributed by atoms with van der Waals surface area (Å²) in [7, 11) is 0. The van der Waals surface area contributed by atoms with Crippen LogP contribution in [0.1, 0.15) is 18.1 Å². The van der Waals surface area contributed by atoms with Gasteiger partial charge in [0.2, 0.25) is 5.91 Å². The average molecular weight is 790 g/mol. The molecule has 0 unspecified atom stereocenters. The van der Waals surface area contributed by atoms with Gasteiger partial charge in [-0.2, -0.15) is 0 Å². The molecule has 10 heteroatoms. The van der Waals surface area contributed by atoms with Gasteiger partial charge in [-0.1, -0.05) is 36.4 Å². The molecule has 1 heterocycles. The predicted octanol–water partition coefficient (Wildman–Crippen LogP) is 7.70. The van der Waals surface area contributed by atoms with Crippen LogP contribution in [-0.2, 0) is 16.2 Å². The fourth-order valence-corrected chi connectivity index (χ4v) is 7.18. The molecule has 3 amide bonds. The summed E-state index contributed by atoms with van der Waals surface area (Å²) in [5.74, 6) is 0.490. The molecule has 5 rings (SSSR count). The van der Waals surface area contributed by atoms with Crippen LogP contribution in [0.4, 0.5) is 10.5 Å². The molecule has 7 nitrogen and oxygen atoms in total. The van der Waals surface area contributed by atoms with Crippen molar-refractivity contribution in [2.24, 2.45) is 0 Å². The van der Waals surface area contributed by atoms with Gasteiger partial charge in [-0.05, 0) is 134 Å². The lowest BCUT2D eigenvalue weighted by atomic mass is 10.1. The van der Waals surface area contributed by atoms with Crippen LogP contribution in [-0.4, -0.2) is 35.1 Å². The Balaban J connectivity index is 1.23. The van der Waals surface area contributed by atoms with Gasteiger partial charge in [0.25, 0.3) is 11.1 Å². The van der Waals surface area contributed by atoms with Crippen molar-refractivity contribution in [1.82, 2.24) is 4.90 Å². The zero-order valence-corrected chi connectivity index (χ0v) is 27.0. The van der Waals surface area contributed by atoms with Gasteiger partial charge in [-0.3, -0.25) is 19.3 Å². The number of halogens is 2. The van der Waals surface area contributed by atoms with Gasteiger partial charge >= 0.3 is 0 Å². The fourth-order valence-electron chi connectivity index (χ4n) is 4.22. The van der Waals surface area contributed by atoms with Gasteiger partial charge < -0.3 is 14.8 Å². The van der Waals surface area contributed by atoms with E-state index >= 15 is 0 Å². The number of hydrogen-bond donors (Lipinski definition) is 1. The Morgan fingerprint density at radius 1 is 0.927 bits per heavy atom. The molecule has 0 aromatic heterocycles. The van der Waals surface area contributed by atoms with Crippen molar-refractivity contribution in [2.75, 3.05) is 18.5 Å². The number of benzene rings is 4. The number of thioether (sulfide) groups is 1. The Kier molecular flexibility index (Phi) is 9.50. The molecule has 4 aromatic rings. The highest BCUT2D eigenvalue weighted by molar-refractivity contribution is 14.1. The van der Waals surface area contributed by atoms with Crippen molar-refractivity contribution in [1.29, 1.82) is 0 Å². The average Bonchev–Trinajstić information content (AvgIpc) is 3.20. The molecular formula is C31H24I2N2O5S. The fraction of sp³-hybridized carbons (Fsp3) is 0.129. The van der Waals surface area contributed by atoms with Crippen molar-refractivity contribution < 1.29 is 23.9 Å². The van der Waals surface area contributed by atoms with Gasteiger partial charge in [0.05, 0.1) is 18.7 Å². The smallest absolute Gasteiger partial charge is 0.294 e. The number of rotatable bonds is 9. The minimum atomic E-state index is -0.497. The first-order valence-electron chi connectivity index (χ1n) is 12.7. The third-order valence-corrected chi connectivity index (χ3v) is 8.65. The number of imide groups is 1. The number of nitrogens with one attached hydrogen (secondary N) is 1. The SMILES string of the molecule is CCOc1ccc(NC(=O)CN2C(=O)S/C(=C/c3cc(I)c(OCc4ccc5ccccc5c4)c(I)c3)C2=O)cc1. The topological polar surface area (TPSA) is 84.9 Å². The first kappa shape index (κ1) is 29.4. The van der Waals surface area contributed by atoms with Gasteiger partial charge in [0.1, 0.15) is 24.7 Å². The van der Waals surface area contributed by atoms with Crippen LogP contribution in [0, 0.1) is 7.14 Å². The van der Waals surface area contributed by atoms with Gasteiger partial charge in [-0.15, -0.1) is 0 Å². The monoisotopic (exact) mass is 790 g/mol. The second-order valence-electron chi connectivity index (χ2n) is 9.06. The van der Waals surface area contributed by atoms with E-state index < -0.39 is 17.1 Å². The van der Waals surface area contributed by atoms with E-state index in [2.05, 4.69) is 80.8 Å². The zero-order chi connectivity index (χ0) is 28.9. The summed E-state index contributed by atoms with van der Waals surface area (Å²) >= 11 is 5.25. The normalized spacial score (nSPS) is 14.1. The maximum absolute atomic E-state index is 13.0. The maximum atomic E-state index is 13.0. The largest absolute Gasteiger partial charge is 0.494 e. The van der Waals surface area contributed by atoms with Gasteiger partial charge in [0, 0.05) is 5.69 Å². The summed E-state index contributed by atoms with van der Waals surface area (Å²) in [4.78, 5) is 39.4. The minimum absolute atomic E-state index is 0.264. The quantitative estimate of drug-likeness (QED) is 0.138. The van der Waals surface area contributed by atoms with Crippen molar-refractivity contribution in [3.8, 4) is 11.5 Å². The van der Waals surface area contributed by atoms with Crippen LogP contribution in [0.2, 0.25) is 0 Å². The van der Waals surface area contributed by atoms with Crippen molar-refractivity contribution in [3.63, 3.8) is 0 Å². The molecule has 0 bridgehead atoms. The Morgan fingerprint density at radius 3 is 2.34 bits per heavy atom. The predicted molar refractivity (Wildman–Crippen MR) is 179 cm³/mol. The number of fused-ring (bicyclic) bond motifs is 1. The van der Waals surface area contributed by atoms with Crippen molar-refractivity contribution in [2.45, 2.75) is 13.5 Å². The lowest BCUT2D eigenvalue weighted by molar-refractivity contribution is -0.127. The van der Waals surface area contributed by atoms with Crippen LogP contribution in [0.3, 0.4) is 0 Å². The van der Waals surface area contributed by atoms with E-state index in [4.69, 9.17) is 9.47 Å². The second kappa shape index (κ2) is 13.3. The van der Waals surface area contributed by atoms with Crippen LogP contribution in [0.15, 0.2) is 83.8 Å². The van der Waals surface area contributed by atoms with Gasteiger partial charge in [-0.25, -0.2) is 0 Å². The third-order valence-electron chi connectivity index (χ3n) is 6.14. The van der Waals surface area contributed by atoms with E-state index in [1.54, 1.807) is 30.3 Å². The number of carbonyl (C=O) groups excluding carboxylic acids is 3. The van der Waals surface area contributed by atoms with Crippen LogP contribution < -0.4 is 14.8 Å². The molecule has 1 fully saturated rings. The zero-order valence-electron chi connectivity index (χ0n) is 21.9. The Bertz CT molecular complexity index is 1650. The summed E-state index contributed by atoms with van der Waals surface area (Å²) in [6, 6.07) is 25.2. The van der Waals surface area contributed by atoms with Crippen LogP contribution in [0.25, 0.3) is 16.8 Å². The van der Waals surface area contributed by atoms with E-state index in [1.165, 1.54) is 5.39 Å². The molecule has 1 aliphatic rings. The molecule has 1 N–H and O–H groups in total. The highest BCUT2D eigenvalue weighted by Crippen LogP contribution is 2.35. The molecule has 0 saturated carbocycles. The molecule has 41 heavy (non-hydrogen) atoms. The Labute approximate surface area is 268 Å². The van der Waals surface area contributed by atoms with E-state index in [9.17, 15) is 14.4 Å². The molecule has 0 atom stereocenters. The number of hydrogen-bond acceptors (Lipinski definition) is 6. The summed E-state index contributed by atoms with van der Waals surface area (Å²) in [5, 5.41) is 4.57. The van der Waals surface area contributed by atoms with E-state index in [-0.39, 0.29) is 11.4 Å². The number of anilines is 1.